The molecule has 1 aliphatic rings. The quantitative estimate of drug-likeness (QED) is 0.676. The van der Waals surface area contributed by atoms with Crippen molar-refractivity contribution in [3.8, 4) is 0 Å². The standard InChI is InChI=1S/C20H15NO3/c1-24-20(23)18-16-10-6-5-7-13(16)11-14-12-21(19(22)17(14)18)15-8-3-2-4-9-15/h2-11H,12H2,1H3. The van der Waals surface area contributed by atoms with Crippen LogP contribution in [0.1, 0.15) is 26.3 Å². The first-order chi connectivity index (χ1) is 11.7. The summed E-state index contributed by atoms with van der Waals surface area (Å²) in [6.07, 6.45) is 0. The van der Waals surface area contributed by atoms with Gasteiger partial charge in [0.25, 0.3) is 5.91 Å². The molecule has 1 aliphatic heterocycles. The number of anilines is 1. The third-order valence-electron chi connectivity index (χ3n) is 4.38. The minimum absolute atomic E-state index is 0.164. The molecule has 118 valence electrons. The predicted molar refractivity (Wildman–Crippen MR) is 92.2 cm³/mol. The monoisotopic (exact) mass is 317 g/mol. The number of ether oxygens (including phenoxy) is 1. The Hall–Kier alpha value is -3.14. The fraction of sp³-hybridized carbons (Fsp3) is 0.100. The van der Waals surface area contributed by atoms with Gasteiger partial charge in [-0.25, -0.2) is 4.79 Å². The molecule has 0 fully saturated rings. The van der Waals surface area contributed by atoms with Gasteiger partial charge in [-0.05, 0) is 34.5 Å². The van der Waals surface area contributed by atoms with Gasteiger partial charge in [0.2, 0.25) is 0 Å². The van der Waals surface area contributed by atoms with Crippen molar-refractivity contribution in [3.63, 3.8) is 0 Å². The van der Waals surface area contributed by atoms with E-state index < -0.39 is 5.97 Å². The van der Waals surface area contributed by atoms with Crippen molar-refractivity contribution in [2.45, 2.75) is 6.54 Å². The van der Waals surface area contributed by atoms with Gasteiger partial charge in [-0.15, -0.1) is 0 Å². The van der Waals surface area contributed by atoms with Crippen LogP contribution in [0.3, 0.4) is 0 Å². The van der Waals surface area contributed by atoms with Crippen molar-refractivity contribution in [2.75, 3.05) is 12.0 Å². The summed E-state index contributed by atoms with van der Waals surface area (Å²) >= 11 is 0. The zero-order valence-corrected chi connectivity index (χ0v) is 13.2. The second kappa shape index (κ2) is 5.49. The molecule has 1 amide bonds. The van der Waals surface area contributed by atoms with Crippen LogP contribution in [0.25, 0.3) is 10.8 Å². The largest absolute Gasteiger partial charge is 0.465 e. The summed E-state index contributed by atoms with van der Waals surface area (Å²) in [5.41, 5.74) is 2.47. The highest BCUT2D eigenvalue weighted by atomic mass is 16.5. The van der Waals surface area contributed by atoms with E-state index in [0.29, 0.717) is 17.7 Å². The molecule has 0 N–H and O–H groups in total. The highest BCUT2D eigenvalue weighted by molar-refractivity contribution is 6.20. The lowest BCUT2D eigenvalue weighted by atomic mass is 9.95. The van der Waals surface area contributed by atoms with Gasteiger partial charge in [0.15, 0.2) is 0 Å². The summed E-state index contributed by atoms with van der Waals surface area (Å²) in [6.45, 7) is 0.451. The van der Waals surface area contributed by atoms with Gasteiger partial charge in [-0.2, -0.15) is 0 Å². The molecule has 0 aromatic heterocycles. The Labute approximate surface area is 139 Å². The van der Waals surface area contributed by atoms with Gasteiger partial charge in [0, 0.05) is 5.69 Å². The number of carbonyl (C=O) groups excluding carboxylic acids is 2. The van der Waals surface area contributed by atoms with E-state index >= 15 is 0 Å². The third-order valence-corrected chi connectivity index (χ3v) is 4.38. The van der Waals surface area contributed by atoms with Crippen LogP contribution in [0, 0.1) is 0 Å². The van der Waals surface area contributed by atoms with Crippen LogP contribution in [-0.2, 0) is 11.3 Å². The molecular formula is C20H15NO3. The molecule has 0 saturated heterocycles. The molecule has 0 atom stereocenters. The highest BCUT2D eigenvalue weighted by Gasteiger charge is 2.34. The Morgan fingerprint density at radius 1 is 1.04 bits per heavy atom. The van der Waals surface area contributed by atoms with Crippen molar-refractivity contribution >= 4 is 28.3 Å². The van der Waals surface area contributed by atoms with E-state index in [1.807, 2.05) is 60.7 Å². The number of rotatable bonds is 2. The maximum atomic E-state index is 13.0. The lowest BCUT2D eigenvalue weighted by molar-refractivity contribution is 0.0599. The van der Waals surface area contributed by atoms with Gasteiger partial charge >= 0.3 is 5.97 Å². The molecule has 0 spiro atoms. The summed E-state index contributed by atoms with van der Waals surface area (Å²) in [5.74, 6) is -0.645. The van der Waals surface area contributed by atoms with Crippen LogP contribution < -0.4 is 4.90 Å². The molecular weight excluding hydrogens is 302 g/mol. The van der Waals surface area contributed by atoms with Crippen molar-refractivity contribution in [1.29, 1.82) is 0 Å². The first kappa shape index (κ1) is 14.5. The fourth-order valence-corrected chi connectivity index (χ4v) is 3.28. The number of amides is 1. The number of fused-ring (bicyclic) bond motifs is 2. The molecule has 4 nitrogen and oxygen atoms in total. The van der Waals surface area contributed by atoms with Crippen LogP contribution in [0.15, 0.2) is 60.7 Å². The maximum absolute atomic E-state index is 13.0. The predicted octanol–water partition coefficient (Wildman–Crippen LogP) is 3.79. The zero-order valence-electron chi connectivity index (χ0n) is 13.2. The fourth-order valence-electron chi connectivity index (χ4n) is 3.28. The van der Waals surface area contributed by atoms with Gasteiger partial charge in [-0.3, -0.25) is 4.79 Å². The molecule has 1 heterocycles. The van der Waals surface area contributed by atoms with Crippen LogP contribution in [0.5, 0.6) is 0 Å². The van der Waals surface area contributed by atoms with Gasteiger partial charge in [0.1, 0.15) is 0 Å². The Morgan fingerprint density at radius 3 is 2.50 bits per heavy atom. The first-order valence-corrected chi connectivity index (χ1v) is 7.70. The number of nitrogens with zero attached hydrogens (tertiary/aromatic N) is 1. The number of hydrogen-bond acceptors (Lipinski definition) is 3. The Morgan fingerprint density at radius 2 is 1.75 bits per heavy atom. The van der Waals surface area contributed by atoms with Crippen LogP contribution >= 0.6 is 0 Å². The summed E-state index contributed by atoms with van der Waals surface area (Å²) in [5, 5.41) is 1.67. The van der Waals surface area contributed by atoms with Crippen LogP contribution in [0.4, 0.5) is 5.69 Å². The SMILES string of the molecule is COC(=O)c1c2c(cc3ccccc13)CN(c1ccccc1)C2=O. The highest BCUT2D eigenvalue weighted by Crippen LogP contribution is 2.35. The van der Waals surface area contributed by atoms with Crippen molar-refractivity contribution in [3.05, 3.63) is 77.4 Å². The first-order valence-electron chi connectivity index (χ1n) is 7.70. The number of methoxy groups -OCH3 is 1. The van der Waals surface area contributed by atoms with E-state index in [-0.39, 0.29) is 5.91 Å². The van der Waals surface area contributed by atoms with E-state index in [1.165, 1.54) is 7.11 Å². The summed E-state index contributed by atoms with van der Waals surface area (Å²) in [7, 11) is 1.34. The lowest BCUT2D eigenvalue weighted by Crippen LogP contribution is -2.24. The molecule has 0 bridgehead atoms. The van der Waals surface area contributed by atoms with E-state index in [4.69, 9.17) is 4.74 Å². The van der Waals surface area contributed by atoms with E-state index in [9.17, 15) is 9.59 Å². The second-order valence-electron chi connectivity index (χ2n) is 5.73. The molecule has 0 unspecified atom stereocenters. The molecule has 0 radical (unpaired) electrons. The smallest absolute Gasteiger partial charge is 0.339 e. The van der Waals surface area contributed by atoms with Crippen molar-refractivity contribution in [1.82, 2.24) is 0 Å². The Balaban J connectivity index is 1.95. The number of esters is 1. The third kappa shape index (κ3) is 2.07. The Kier molecular flexibility index (Phi) is 3.31. The molecule has 3 aromatic carbocycles. The molecule has 3 aromatic rings. The summed E-state index contributed by atoms with van der Waals surface area (Å²) in [4.78, 5) is 27.1. The van der Waals surface area contributed by atoms with Crippen LogP contribution in [0.2, 0.25) is 0 Å². The van der Waals surface area contributed by atoms with E-state index in [2.05, 4.69) is 0 Å². The summed E-state index contributed by atoms with van der Waals surface area (Å²) < 4.78 is 4.95. The average molecular weight is 317 g/mol. The van der Waals surface area contributed by atoms with Crippen molar-refractivity contribution < 1.29 is 14.3 Å². The van der Waals surface area contributed by atoms with Gasteiger partial charge < -0.3 is 9.64 Å². The Bertz CT molecular complexity index is 963. The normalized spacial score (nSPS) is 13.2. The minimum Gasteiger partial charge on any atom is -0.465 e. The number of carbonyl (C=O) groups is 2. The average Bonchev–Trinajstić information content (AvgIpc) is 2.96. The number of hydrogen-bond donors (Lipinski definition) is 0. The van der Waals surface area contributed by atoms with Crippen LogP contribution in [-0.4, -0.2) is 19.0 Å². The minimum atomic E-state index is -0.480. The molecule has 4 heteroatoms. The van der Waals surface area contributed by atoms with E-state index in [1.54, 1.807) is 4.90 Å². The lowest BCUT2D eigenvalue weighted by Gasteiger charge is -2.15. The number of benzene rings is 3. The number of para-hydroxylation sites is 1. The van der Waals surface area contributed by atoms with E-state index in [0.717, 1.165) is 22.0 Å². The topological polar surface area (TPSA) is 46.6 Å². The van der Waals surface area contributed by atoms with Gasteiger partial charge in [-0.1, -0.05) is 42.5 Å². The molecule has 4 rings (SSSR count). The molecule has 24 heavy (non-hydrogen) atoms. The second-order valence-corrected chi connectivity index (χ2v) is 5.73. The zero-order chi connectivity index (χ0) is 16.7. The van der Waals surface area contributed by atoms with Gasteiger partial charge in [0.05, 0.1) is 24.8 Å². The van der Waals surface area contributed by atoms with Crippen molar-refractivity contribution in [2.24, 2.45) is 0 Å². The molecule has 0 aliphatic carbocycles. The summed E-state index contributed by atoms with van der Waals surface area (Å²) in [6, 6.07) is 19.0. The molecule has 0 saturated carbocycles. The maximum Gasteiger partial charge on any atom is 0.339 e.